The van der Waals surface area contributed by atoms with E-state index in [1.165, 1.54) is 0 Å². The van der Waals surface area contributed by atoms with Gasteiger partial charge >= 0.3 is 0 Å². The number of nitrogens with one attached hydrogen (secondary N) is 1. The van der Waals surface area contributed by atoms with Crippen molar-refractivity contribution in [1.29, 1.82) is 0 Å². The van der Waals surface area contributed by atoms with Crippen LogP contribution in [0.15, 0.2) is 53.1 Å². The highest BCUT2D eigenvalue weighted by Gasteiger charge is 2.14. The minimum Gasteiger partial charge on any atom is -0.485 e. The van der Waals surface area contributed by atoms with Crippen LogP contribution in [0.3, 0.4) is 0 Å². The van der Waals surface area contributed by atoms with Crippen LogP contribution in [0.1, 0.15) is 32.4 Å². The summed E-state index contributed by atoms with van der Waals surface area (Å²) in [6.07, 6.45) is 0. The zero-order valence-corrected chi connectivity index (χ0v) is 13.9. The molecule has 2 amide bonds. The van der Waals surface area contributed by atoms with Crippen LogP contribution in [0.2, 0.25) is 0 Å². The van der Waals surface area contributed by atoms with Crippen molar-refractivity contribution < 1.29 is 18.8 Å². The Morgan fingerprint density at radius 2 is 1.88 bits per heavy atom. The van der Waals surface area contributed by atoms with Gasteiger partial charge in [0.1, 0.15) is 5.75 Å². The van der Waals surface area contributed by atoms with Crippen LogP contribution < -0.4 is 15.8 Å². The highest BCUT2D eigenvalue weighted by Crippen LogP contribution is 2.21. The van der Waals surface area contributed by atoms with E-state index in [4.69, 9.17) is 15.0 Å². The van der Waals surface area contributed by atoms with Crippen LogP contribution in [-0.2, 0) is 6.61 Å². The second-order valence-electron chi connectivity index (χ2n) is 5.41. The summed E-state index contributed by atoms with van der Waals surface area (Å²) in [7, 11) is 0. The molecule has 0 aliphatic carbocycles. The number of hydrogen-bond donors (Lipinski definition) is 2. The Balaban J connectivity index is 1.71. The van der Waals surface area contributed by atoms with Gasteiger partial charge in [0.2, 0.25) is 17.6 Å². The molecule has 3 N–H and O–H groups in total. The Morgan fingerprint density at radius 1 is 1.15 bits per heavy atom. The van der Waals surface area contributed by atoms with Crippen molar-refractivity contribution in [1.82, 2.24) is 10.1 Å². The van der Waals surface area contributed by atoms with Gasteiger partial charge in [-0.2, -0.15) is 4.98 Å². The van der Waals surface area contributed by atoms with Crippen molar-refractivity contribution in [2.24, 2.45) is 5.73 Å². The maximum atomic E-state index is 12.5. The molecular formula is C18H16N4O4. The first-order valence-electron chi connectivity index (χ1n) is 7.75. The lowest BCUT2D eigenvalue weighted by atomic mass is 10.1. The number of para-hydroxylation sites is 1. The third kappa shape index (κ3) is 4.04. The second-order valence-corrected chi connectivity index (χ2v) is 5.41. The maximum Gasteiger partial charge on any atom is 0.259 e. The molecular weight excluding hydrogens is 336 g/mol. The number of anilines is 1. The lowest BCUT2D eigenvalue weighted by Gasteiger charge is -2.11. The number of amides is 2. The van der Waals surface area contributed by atoms with E-state index in [9.17, 15) is 9.59 Å². The van der Waals surface area contributed by atoms with Crippen LogP contribution >= 0.6 is 0 Å². The first kappa shape index (κ1) is 17.2. The first-order chi connectivity index (χ1) is 12.5. The zero-order chi connectivity index (χ0) is 18.5. The Bertz CT molecular complexity index is 934. The molecule has 0 fully saturated rings. The van der Waals surface area contributed by atoms with E-state index in [2.05, 4.69) is 15.5 Å². The molecule has 8 heteroatoms. The summed E-state index contributed by atoms with van der Waals surface area (Å²) < 4.78 is 10.5. The van der Waals surface area contributed by atoms with Gasteiger partial charge in [0.05, 0.1) is 5.56 Å². The number of rotatable bonds is 6. The minimum atomic E-state index is -0.529. The monoisotopic (exact) mass is 352 g/mol. The number of hydrogen-bond acceptors (Lipinski definition) is 6. The van der Waals surface area contributed by atoms with Gasteiger partial charge in [-0.25, -0.2) is 0 Å². The molecule has 1 heterocycles. The minimum absolute atomic E-state index is 0.0783. The molecule has 0 aliphatic heterocycles. The summed E-state index contributed by atoms with van der Waals surface area (Å²) in [5.74, 6) is 0.338. The molecule has 3 rings (SSSR count). The summed E-state index contributed by atoms with van der Waals surface area (Å²) in [6, 6.07) is 13.1. The van der Waals surface area contributed by atoms with Gasteiger partial charge in [-0.1, -0.05) is 17.3 Å². The Labute approximate surface area is 149 Å². The fourth-order valence-electron chi connectivity index (χ4n) is 2.24. The molecule has 1 aromatic heterocycles. The molecule has 0 atom stereocenters. The van der Waals surface area contributed by atoms with Crippen molar-refractivity contribution in [2.75, 3.05) is 5.32 Å². The standard InChI is InChI=1S/C18H16N4O4/c1-11-20-16(22-26-11)10-25-15-5-3-2-4-14(15)18(24)21-13-8-6-12(7-9-13)17(19)23/h2-9H,10H2,1H3,(H2,19,23)(H,21,24). The number of carbonyl (C=O) groups is 2. The predicted molar refractivity (Wildman–Crippen MR) is 92.7 cm³/mol. The van der Waals surface area contributed by atoms with Crippen molar-refractivity contribution in [2.45, 2.75) is 13.5 Å². The molecule has 132 valence electrons. The molecule has 0 saturated heterocycles. The second kappa shape index (κ2) is 7.47. The molecule has 26 heavy (non-hydrogen) atoms. The van der Waals surface area contributed by atoms with Gasteiger partial charge < -0.3 is 20.3 Å². The van der Waals surface area contributed by atoms with E-state index >= 15 is 0 Å². The Hall–Kier alpha value is -3.68. The largest absolute Gasteiger partial charge is 0.485 e. The molecule has 0 radical (unpaired) electrons. The molecule has 3 aromatic rings. The number of primary amides is 1. The number of benzene rings is 2. The van der Waals surface area contributed by atoms with Crippen LogP contribution in [0.4, 0.5) is 5.69 Å². The summed E-state index contributed by atoms with van der Waals surface area (Å²) in [5, 5.41) is 6.49. The quantitative estimate of drug-likeness (QED) is 0.702. The van der Waals surface area contributed by atoms with Crippen LogP contribution in [0.25, 0.3) is 0 Å². The predicted octanol–water partition coefficient (Wildman–Crippen LogP) is 2.31. The number of ether oxygens (including phenoxy) is 1. The van der Waals surface area contributed by atoms with Crippen molar-refractivity contribution in [3.05, 3.63) is 71.4 Å². The third-order valence-electron chi connectivity index (χ3n) is 3.49. The first-order valence-corrected chi connectivity index (χ1v) is 7.75. The third-order valence-corrected chi connectivity index (χ3v) is 3.49. The van der Waals surface area contributed by atoms with Crippen LogP contribution in [0, 0.1) is 6.92 Å². The van der Waals surface area contributed by atoms with Gasteiger partial charge in [-0.3, -0.25) is 9.59 Å². The lowest BCUT2D eigenvalue weighted by molar-refractivity contribution is 0.0997. The van der Waals surface area contributed by atoms with Gasteiger partial charge in [0.25, 0.3) is 5.91 Å². The smallest absolute Gasteiger partial charge is 0.259 e. The fraction of sp³-hybridized carbons (Fsp3) is 0.111. The van der Waals surface area contributed by atoms with Gasteiger partial charge in [0, 0.05) is 18.2 Å². The topological polar surface area (TPSA) is 120 Å². The van der Waals surface area contributed by atoms with Crippen molar-refractivity contribution in [3.63, 3.8) is 0 Å². The van der Waals surface area contributed by atoms with Crippen LogP contribution in [-0.4, -0.2) is 22.0 Å². The lowest BCUT2D eigenvalue weighted by Crippen LogP contribution is -2.14. The van der Waals surface area contributed by atoms with E-state index in [0.29, 0.717) is 34.3 Å². The normalized spacial score (nSPS) is 10.3. The SMILES string of the molecule is Cc1nc(COc2ccccc2C(=O)Nc2ccc(C(N)=O)cc2)no1. The summed E-state index contributed by atoms with van der Waals surface area (Å²) >= 11 is 0. The van der Waals surface area contributed by atoms with E-state index in [1.807, 2.05) is 0 Å². The number of nitrogens with zero attached hydrogens (tertiary/aromatic N) is 2. The fourth-order valence-corrected chi connectivity index (χ4v) is 2.24. The molecule has 0 saturated carbocycles. The van der Waals surface area contributed by atoms with Crippen molar-refractivity contribution >= 4 is 17.5 Å². The highest BCUT2D eigenvalue weighted by molar-refractivity contribution is 6.06. The molecule has 0 aliphatic rings. The zero-order valence-electron chi connectivity index (χ0n) is 13.9. The summed E-state index contributed by atoms with van der Waals surface area (Å²) in [6.45, 7) is 1.76. The van der Waals surface area contributed by atoms with Gasteiger partial charge in [-0.05, 0) is 36.4 Å². The Morgan fingerprint density at radius 3 is 2.54 bits per heavy atom. The molecule has 0 unspecified atom stereocenters. The molecule has 8 nitrogen and oxygen atoms in total. The van der Waals surface area contributed by atoms with Gasteiger partial charge in [0.15, 0.2) is 6.61 Å². The molecule has 0 spiro atoms. The maximum absolute atomic E-state index is 12.5. The van der Waals surface area contributed by atoms with Crippen LogP contribution in [0.5, 0.6) is 5.75 Å². The highest BCUT2D eigenvalue weighted by atomic mass is 16.5. The summed E-state index contributed by atoms with van der Waals surface area (Å²) in [5.41, 5.74) is 6.45. The van der Waals surface area contributed by atoms with E-state index < -0.39 is 5.91 Å². The van der Waals surface area contributed by atoms with Gasteiger partial charge in [-0.15, -0.1) is 0 Å². The number of carbonyl (C=O) groups excluding carboxylic acids is 2. The molecule has 2 aromatic carbocycles. The molecule has 0 bridgehead atoms. The van der Waals surface area contributed by atoms with Crippen molar-refractivity contribution in [3.8, 4) is 5.75 Å². The summed E-state index contributed by atoms with van der Waals surface area (Å²) in [4.78, 5) is 27.7. The Kier molecular flexibility index (Phi) is 4.93. The van der Waals surface area contributed by atoms with E-state index in [-0.39, 0.29) is 12.5 Å². The van der Waals surface area contributed by atoms with E-state index in [1.54, 1.807) is 55.5 Å². The average Bonchev–Trinajstić information content (AvgIpc) is 3.06. The average molecular weight is 352 g/mol. The number of aryl methyl sites for hydroxylation is 1. The number of aromatic nitrogens is 2. The van der Waals surface area contributed by atoms with E-state index in [0.717, 1.165) is 0 Å². The number of nitrogens with two attached hydrogens (primary N) is 1.